The fourth-order valence-corrected chi connectivity index (χ4v) is 3.31. The molecule has 0 amide bonds. The van der Waals surface area contributed by atoms with Crippen LogP contribution in [0, 0.1) is 0 Å². The highest BCUT2D eigenvalue weighted by molar-refractivity contribution is 5.79. The van der Waals surface area contributed by atoms with Gasteiger partial charge in [0.25, 0.3) is 0 Å². The quantitative estimate of drug-likeness (QED) is 0.432. The molecule has 0 spiro atoms. The number of aliphatic imine (C=N–C) groups is 1. The van der Waals surface area contributed by atoms with E-state index < -0.39 is 0 Å². The maximum absolute atomic E-state index is 5.40. The van der Waals surface area contributed by atoms with E-state index in [0.29, 0.717) is 0 Å². The summed E-state index contributed by atoms with van der Waals surface area (Å²) in [7, 11) is 3.55. The SMILES string of the molecule is CN=C(NCCCN1CCCCCC1)NCCc1ccccc1OC. The van der Waals surface area contributed by atoms with E-state index in [1.807, 2.05) is 25.2 Å². The van der Waals surface area contributed by atoms with E-state index in [0.717, 1.165) is 37.6 Å². The second-order valence-corrected chi connectivity index (χ2v) is 6.60. The Kier molecular flexibility index (Phi) is 9.19. The molecule has 0 aliphatic carbocycles. The van der Waals surface area contributed by atoms with E-state index in [1.54, 1.807) is 7.11 Å². The van der Waals surface area contributed by atoms with Crippen LogP contribution >= 0.6 is 0 Å². The van der Waals surface area contributed by atoms with Gasteiger partial charge >= 0.3 is 0 Å². The number of guanidine groups is 1. The van der Waals surface area contributed by atoms with Crippen LogP contribution in [0.2, 0.25) is 0 Å². The first-order valence-electron chi connectivity index (χ1n) is 9.62. The molecule has 25 heavy (non-hydrogen) atoms. The molecule has 2 N–H and O–H groups in total. The number of nitrogens with one attached hydrogen (secondary N) is 2. The van der Waals surface area contributed by atoms with Crippen molar-refractivity contribution in [2.24, 2.45) is 4.99 Å². The summed E-state index contributed by atoms with van der Waals surface area (Å²) < 4.78 is 5.40. The van der Waals surface area contributed by atoms with Crippen LogP contribution in [0.25, 0.3) is 0 Å². The van der Waals surface area contributed by atoms with Gasteiger partial charge < -0.3 is 20.3 Å². The van der Waals surface area contributed by atoms with Gasteiger partial charge in [0.05, 0.1) is 7.11 Å². The smallest absolute Gasteiger partial charge is 0.190 e. The van der Waals surface area contributed by atoms with Crippen molar-refractivity contribution < 1.29 is 4.74 Å². The molecule has 1 aliphatic heterocycles. The van der Waals surface area contributed by atoms with Crippen molar-refractivity contribution in [3.05, 3.63) is 29.8 Å². The van der Waals surface area contributed by atoms with Crippen molar-refractivity contribution >= 4 is 5.96 Å². The molecule has 2 rings (SSSR count). The number of ether oxygens (including phenoxy) is 1. The third-order valence-electron chi connectivity index (χ3n) is 4.75. The summed E-state index contributed by atoms with van der Waals surface area (Å²) in [5.41, 5.74) is 1.22. The predicted octanol–water partition coefficient (Wildman–Crippen LogP) is 2.67. The van der Waals surface area contributed by atoms with Crippen LogP contribution < -0.4 is 15.4 Å². The average molecular weight is 347 g/mol. The molecule has 5 nitrogen and oxygen atoms in total. The summed E-state index contributed by atoms with van der Waals surface area (Å²) in [6, 6.07) is 8.16. The standard InChI is InChI=1S/C20H34N4O/c1-21-20(22-13-9-17-24-15-7-3-4-8-16-24)23-14-12-18-10-5-6-11-19(18)25-2/h5-6,10-11H,3-4,7-9,12-17H2,1-2H3,(H2,21,22,23). The topological polar surface area (TPSA) is 48.9 Å². The van der Waals surface area contributed by atoms with Gasteiger partial charge in [0.2, 0.25) is 0 Å². The zero-order valence-electron chi connectivity index (χ0n) is 15.9. The molecule has 0 radical (unpaired) electrons. The molecule has 1 fully saturated rings. The lowest BCUT2D eigenvalue weighted by Gasteiger charge is -2.20. The molecular formula is C20H34N4O. The van der Waals surface area contributed by atoms with Crippen LogP contribution in [-0.4, -0.2) is 57.7 Å². The highest BCUT2D eigenvalue weighted by atomic mass is 16.5. The van der Waals surface area contributed by atoms with Gasteiger partial charge in [-0.2, -0.15) is 0 Å². The number of nitrogens with zero attached hydrogens (tertiary/aromatic N) is 2. The van der Waals surface area contributed by atoms with E-state index in [-0.39, 0.29) is 0 Å². The highest BCUT2D eigenvalue weighted by Gasteiger charge is 2.08. The molecule has 0 unspecified atom stereocenters. The molecule has 0 bridgehead atoms. The Labute approximate surface area is 152 Å². The first-order chi connectivity index (χ1) is 12.3. The first kappa shape index (κ1) is 19.6. The van der Waals surface area contributed by atoms with E-state index in [9.17, 15) is 0 Å². The monoisotopic (exact) mass is 346 g/mol. The van der Waals surface area contributed by atoms with Gasteiger partial charge in [-0.1, -0.05) is 31.0 Å². The van der Waals surface area contributed by atoms with Crippen LogP contribution in [0.15, 0.2) is 29.3 Å². The number of hydrogen-bond acceptors (Lipinski definition) is 3. The Morgan fingerprint density at radius 3 is 2.52 bits per heavy atom. The molecular weight excluding hydrogens is 312 g/mol. The molecule has 1 aromatic carbocycles. The summed E-state index contributed by atoms with van der Waals surface area (Å²) in [4.78, 5) is 6.91. The minimum Gasteiger partial charge on any atom is -0.496 e. The molecule has 140 valence electrons. The Hall–Kier alpha value is -1.75. The van der Waals surface area contributed by atoms with Crippen molar-refractivity contribution in [3.63, 3.8) is 0 Å². The Bertz CT molecular complexity index is 510. The van der Waals surface area contributed by atoms with Gasteiger partial charge in [0.1, 0.15) is 5.75 Å². The van der Waals surface area contributed by atoms with Crippen LogP contribution in [0.4, 0.5) is 0 Å². The predicted molar refractivity (Wildman–Crippen MR) is 106 cm³/mol. The maximum Gasteiger partial charge on any atom is 0.190 e. The summed E-state index contributed by atoms with van der Waals surface area (Å²) in [5.74, 6) is 1.83. The maximum atomic E-state index is 5.40. The number of benzene rings is 1. The van der Waals surface area contributed by atoms with Crippen molar-refractivity contribution in [2.75, 3.05) is 46.9 Å². The van der Waals surface area contributed by atoms with Crippen molar-refractivity contribution in [2.45, 2.75) is 38.5 Å². The fourth-order valence-electron chi connectivity index (χ4n) is 3.31. The lowest BCUT2D eigenvalue weighted by molar-refractivity contribution is 0.282. The molecule has 1 heterocycles. The van der Waals surface area contributed by atoms with Crippen LogP contribution in [0.3, 0.4) is 0 Å². The number of rotatable bonds is 8. The molecule has 5 heteroatoms. The average Bonchev–Trinajstić information content (AvgIpc) is 2.93. The van der Waals surface area contributed by atoms with Gasteiger partial charge in [-0.05, 0) is 56.9 Å². The summed E-state index contributed by atoms with van der Waals surface area (Å²) in [6.07, 6.45) is 7.60. The molecule has 1 saturated heterocycles. The highest BCUT2D eigenvalue weighted by Crippen LogP contribution is 2.17. The van der Waals surface area contributed by atoms with E-state index in [2.05, 4.69) is 26.6 Å². The fraction of sp³-hybridized carbons (Fsp3) is 0.650. The third-order valence-corrected chi connectivity index (χ3v) is 4.75. The molecule has 1 aliphatic rings. The molecule has 1 aromatic rings. The van der Waals surface area contributed by atoms with Crippen LogP contribution in [0.5, 0.6) is 5.75 Å². The van der Waals surface area contributed by atoms with Gasteiger partial charge in [0.15, 0.2) is 5.96 Å². The minimum atomic E-state index is 0.839. The Balaban J connectivity index is 1.62. The lowest BCUT2D eigenvalue weighted by atomic mass is 10.1. The van der Waals surface area contributed by atoms with Gasteiger partial charge in [-0.25, -0.2) is 0 Å². The minimum absolute atomic E-state index is 0.839. The van der Waals surface area contributed by atoms with Gasteiger partial charge in [-0.15, -0.1) is 0 Å². The van der Waals surface area contributed by atoms with Crippen molar-refractivity contribution in [1.29, 1.82) is 0 Å². The van der Waals surface area contributed by atoms with E-state index >= 15 is 0 Å². The van der Waals surface area contributed by atoms with Gasteiger partial charge in [0, 0.05) is 20.1 Å². The largest absolute Gasteiger partial charge is 0.496 e. The zero-order chi connectivity index (χ0) is 17.7. The van der Waals surface area contributed by atoms with Crippen LogP contribution in [0.1, 0.15) is 37.7 Å². The normalized spacial score (nSPS) is 16.3. The zero-order valence-corrected chi connectivity index (χ0v) is 15.9. The molecule has 0 atom stereocenters. The van der Waals surface area contributed by atoms with Crippen molar-refractivity contribution in [1.82, 2.24) is 15.5 Å². The Morgan fingerprint density at radius 2 is 1.80 bits per heavy atom. The number of likely N-dealkylation sites (tertiary alicyclic amines) is 1. The van der Waals surface area contributed by atoms with Gasteiger partial charge in [-0.3, -0.25) is 4.99 Å². The van der Waals surface area contributed by atoms with Crippen LogP contribution in [-0.2, 0) is 6.42 Å². The second-order valence-electron chi connectivity index (χ2n) is 6.60. The van der Waals surface area contributed by atoms with Crippen molar-refractivity contribution in [3.8, 4) is 5.75 Å². The molecule has 0 saturated carbocycles. The number of para-hydroxylation sites is 1. The second kappa shape index (κ2) is 11.7. The number of methoxy groups -OCH3 is 1. The Morgan fingerprint density at radius 1 is 1.08 bits per heavy atom. The summed E-state index contributed by atoms with van der Waals surface area (Å²) >= 11 is 0. The van der Waals surface area contributed by atoms with E-state index in [4.69, 9.17) is 4.74 Å². The van der Waals surface area contributed by atoms with E-state index in [1.165, 1.54) is 50.9 Å². The summed E-state index contributed by atoms with van der Waals surface area (Å²) in [5, 5.41) is 6.81. The number of hydrogen-bond donors (Lipinski definition) is 2. The first-order valence-corrected chi connectivity index (χ1v) is 9.62. The third kappa shape index (κ3) is 7.34. The molecule has 0 aromatic heterocycles. The summed E-state index contributed by atoms with van der Waals surface area (Å²) in [6.45, 7) is 5.53. The lowest BCUT2D eigenvalue weighted by Crippen LogP contribution is -2.39.